The zero-order chi connectivity index (χ0) is 24.8. The maximum absolute atomic E-state index is 13.1. The highest BCUT2D eigenvalue weighted by molar-refractivity contribution is 6.05. The van der Waals surface area contributed by atoms with Gasteiger partial charge in [-0.15, -0.1) is 0 Å². The number of nitrogens with one attached hydrogen (secondary N) is 1. The molecule has 0 radical (unpaired) electrons. The predicted octanol–water partition coefficient (Wildman–Crippen LogP) is 2.38. The van der Waals surface area contributed by atoms with Crippen molar-refractivity contribution in [2.45, 2.75) is 46.6 Å². The Morgan fingerprint density at radius 3 is 2.62 bits per heavy atom. The van der Waals surface area contributed by atoms with Crippen LogP contribution >= 0.6 is 0 Å². The van der Waals surface area contributed by atoms with Crippen LogP contribution in [0.5, 0.6) is 0 Å². The van der Waals surface area contributed by atoms with Crippen LogP contribution in [-0.4, -0.2) is 39.6 Å². The maximum Gasteiger partial charge on any atom is 0.339 e. The molecule has 0 saturated heterocycles. The number of aromatic amines is 1. The first-order valence-corrected chi connectivity index (χ1v) is 11.2. The number of para-hydroxylation sites is 1. The Labute approximate surface area is 196 Å². The van der Waals surface area contributed by atoms with Crippen LogP contribution in [0.15, 0.2) is 39.9 Å². The summed E-state index contributed by atoms with van der Waals surface area (Å²) in [6.45, 7) is 5.44. The molecule has 1 amide bonds. The van der Waals surface area contributed by atoms with Crippen LogP contribution in [0.2, 0.25) is 0 Å². The van der Waals surface area contributed by atoms with Gasteiger partial charge in [0, 0.05) is 24.2 Å². The van der Waals surface area contributed by atoms with Crippen LogP contribution in [0.4, 0.5) is 11.5 Å². The molecule has 0 aliphatic heterocycles. The lowest BCUT2D eigenvalue weighted by Crippen LogP contribution is -2.43. The second-order valence-corrected chi connectivity index (χ2v) is 7.95. The Kier molecular flexibility index (Phi) is 7.83. The van der Waals surface area contributed by atoms with E-state index in [2.05, 4.69) is 9.97 Å². The number of unbranched alkanes of at least 4 members (excludes halogenated alkanes) is 1. The summed E-state index contributed by atoms with van der Waals surface area (Å²) in [7, 11) is 0. The van der Waals surface area contributed by atoms with Crippen LogP contribution in [0.3, 0.4) is 0 Å². The average Bonchev–Trinajstić information content (AvgIpc) is 2.81. The number of rotatable bonds is 9. The summed E-state index contributed by atoms with van der Waals surface area (Å²) in [5, 5.41) is 0.612. The third kappa shape index (κ3) is 5.16. The van der Waals surface area contributed by atoms with Crippen molar-refractivity contribution in [3.05, 3.63) is 62.4 Å². The highest BCUT2D eigenvalue weighted by Crippen LogP contribution is 2.20. The van der Waals surface area contributed by atoms with E-state index in [-0.39, 0.29) is 24.6 Å². The molecule has 2 heterocycles. The molecule has 1 aromatic carbocycles. The lowest BCUT2D eigenvalue weighted by Gasteiger charge is -2.24. The summed E-state index contributed by atoms with van der Waals surface area (Å²) >= 11 is 0. The minimum absolute atomic E-state index is 0.0952. The first-order valence-electron chi connectivity index (χ1n) is 11.2. The Balaban J connectivity index is 1.90. The fraction of sp³-hybridized carbons (Fsp3) is 0.375. The molecule has 3 N–H and O–H groups in total. The van der Waals surface area contributed by atoms with Crippen LogP contribution in [0.1, 0.15) is 49.2 Å². The van der Waals surface area contributed by atoms with Crippen molar-refractivity contribution in [2.75, 3.05) is 23.8 Å². The number of aryl methyl sites for hydroxylation is 1. The monoisotopic (exact) mass is 467 g/mol. The third-order valence-electron chi connectivity index (χ3n) is 5.36. The molecule has 0 bridgehead atoms. The van der Waals surface area contributed by atoms with E-state index in [9.17, 15) is 19.2 Å². The van der Waals surface area contributed by atoms with Gasteiger partial charge in [-0.05, 0) is 31.9 Å². The second kappa shape index (κ2) is 10.8. The number of esters is 1. The fourth-order valence-corrected chi connectivity index (χ4v) is 3.72. The van der Waals surface area contributed by atoms with E-state index in [4.69, 9.17) is 10.5 Å². The zero-order valence-corrected chi connectivity index (χ0v) is 19.6. The van der Waals surface area contributed by atoms with Crippen LogP contribution < -0.4 is 21.9 Å². The Morgan fingerprint density at radius 1 is 1.18 bits per heavy atom. The molecule has 0 atom stereocenters. The van der Waals surface area contributed by atoms with Gasteiger partial charge in [-0.3, -0.25) is 24.1 Å². The molecule has 0 fully saturated rings. The van der Waals surface area contributed by atoms with Crippen LogP contribution in [-0.2, 0) is 16.1 Å². The molecule has 0 unspecified atom stereocenters. The van der Waals surface area contributed by atoms with Gasteiger partial charge in [-0.2, -0.15) is 0 Å². The smallest absolute Gasteiger partial charge is 0.339 e. The summed E-state index contributed by atoms with van der Waals surface area (Å²) in [4.78, 5) is 58.6. The number of benzene rings is 1. The number of ether oxygens (including phenoxy) is 1. The van der Waals surface area contributed by atoms with Crippen molar-refractivity contribution >= 4 is 34.3 Å². The topological polar surface area (TPSA) is 140 Å². The van der Waals surface area contributed by atoms with Gasteiger partial charge < -0.3 is 15.4 Å². The van der Waals surface area contributed by atoms with E-state index in [1.54, 1.807) is 31.2 Å². The van der Waals surface area contributed by atoms with Crippen molar-refractivity contribution in [3.8, 4) is 0 Å². The number of hydrogen-bond donors (Lipinski definition) is 2. The van der Waals surface area contributed by atoms with Gasteiger partial charge in [0.15, 0.2) is 12.3 Å². The molecular weight excluding hydrogens is 438 g/mol. The van der Waals surface area contributed by atoms with E-state index in [1.807, 2.05) is 19.9 Å². The van der Waals surface area contributed by atoms with E-state index >= 15 is 0 Å². The van der Waals surface area contributed by atoms with Crippen molar-refractivity contribution < 1.29 is 14.3 Å². The predicted molar refractivity (Wildman–Crippen MR) is 130 cm³/mol. The number of anilines is 2. The molecule has 0 saturated carbocycles. The number of carbonyl (C=O) groups excluding carboxylic acids is 2. The number of nitrogen functional groups attached to an aromatic ring is 1. The third-order valence-corrected chi connectivity index (χ3v) is 5.36. The van der Waals surface area contributed by atoms with Crippen LogP contribution in [0, 0.1) is 6.92 Å². The summed E-state index contributed by atoms with van der Waals surface area (Å²) in [5.74, 6) is -1.39. The number of hydrogen-bond acceptors (Lipinski definition) is 7. The maximum atomic E-state index is 13.1. The highest BCUT2D eigenvalue weighted by Gasteiger charge is 2.25. The van der Waals surface area contributed by atoms with Gasteiger partial charge in [0.2, 0.25) is 0 Å². The second-order valence-electron chi connectivity index (χ2n) is 7.95. The Bertz CT molecular complexity index is 1330. The molecule has 0 aliphatic rings. The van der Waals surface area contributed by atoms with Gasteiger partial charge in [0.1, 0.15) is 5.82 Å². The minimum Gasteiger partial charge on any atom is -0.452 e. The number of carbonyl (C=O) groups is 2. The first-order chi connectivity index (χ1) is 16.3. The summed E-state index contributed by atoms with van der Waals surface area (Å²) in [6, 6.07) is 8.75. The molecule has 10 heteroatoms. The minimum atomic E-state index is -0.763. The lowest BCUT2D eigenvalue weighted by molar-refractivity contribution is -0.121. The summed E-state index contributed by atoms with van der Waals surface area (Å²) in [6.07, 6.45) is 1.94. The van der Waals surface area contributed by atoms with Gasteiger partial charge in [0.05, 0.1) is 11.1 Å². The number of pyridine rings is 1. The molecule has 3 aromatic rings. The molecule has 180 valence electrons. The number of H-pyrrole nitrogens is 1. The number of nitrogens with two attached hydrogens (primary N) is 1. The Morgan fingerprint density at radius 2 is 1.91 bits per heavy atom. The molecular formula is C24H29N5O5. The quantitative estimate of drug-likeness (QED) is 0.460. The van der Waals surface area contributed by atoms with E-state index < -0.39 is 29.7 Å². The van der Waals surface area contributed by atoms with Crippen molar-refractivity contribution in [1.29, 1.82) is 0 Å². The molecule has 3 rings (SSSR count). The molecule has 10 nitrogen and oxygen atoms in total. The van der Waals surface area contributed by atoms with Gasteiger partial charge in [-0.1, -0.05) is 38.5 Å². The van der Waals surface area contributed by atoms with E-state index in [0.717, 1.165) is 6.42 Å². The van der Waals surface area contributed by atoms with E-state index in [1.165, 1.54) is 9.47 Å². The number of nitrogens with zero attached hydrogens (tertiary/aromatic N) is 3. The van der Waals surface area contributed by atoms with Gasteiger partial charge in [-0.25, -0.2) is 9.59 Å². The first kappa shape index (κ1) is 24.7. The van der Waals surface area contributed by atoms with Crippen molar-refractivity contribution in [3.63, 3.8) is 0 Å². The standard InChI is InChI=1S/C24H29N5O5/c1-4-6-12-28(20-21(25)29(11-5-2)24(33)27-22(20)31)19(30)14-34-23(32)17-13-15(3)26-18-10-8-7-9-16(17)18/h7-10,13H,4-6,11-12,14,25H2,1-3H3,(H,27,31,33). The average molecular weight is 468 g/mol. The molecule has 0 aliphatic carbocycles. The number of fused-ring (bicyclic) bond motifs is 1. The summed E-state index contributed by atoms with van der Waals surface area (Å²) < 4.78 is 6.56. The Hall–Kier alpha value is -3.95. The molecule has 0 spiro atoms. The van der Waals surface area contributed by atoms with Crippen molar-refractivity contribution in [1.82, 2.24) is 14.5 Å². The highest BCUT2D eigenvalue weighted by atomic mass is 16.5. The summed E-state index contributed by atoms with van der Waals surface area (Å²) in [5.41, 5.74) is 6.20. The van der Waals surface area contributed by atoms with Crippen LogP contribution in [0.25, 0.3) is 10.9 Å². The van der Waals surface area contributed by atoms with E-state index in [0.29, 0.717) is 35.0 Å². The largest absolute Gasteiger partial charge is 0.452 e. The number of aromatic nitrogens is 3. The van der Waals surface area contributed by atoms with Gasteiger partial charge in [0.25, 0.3) is 11.5 Å². The SMILES string of the molecule is CCCCN(C(=O)COC(=O)c1cc(C)nc2ccccc12)c1c(N)n(CCC)c(=O)[nH]c1=O. The molecule has 34 heavy (non-hydrogen) atoms. The van der Waals surface area contributed by atoms with Crippen molar-refractivity contribution in [2.24, 2.45) is 0 Å². The molecule has 2 aromatic heterocycles. The lowest BCUT2D eigenvalue weighted by atomic mass is 10.1. The number of amides is 1. The van der Waals surface area contributed by atoms with Gasteiger partial charge >= 0.3 is 11.7 Å². The zero-order valence-electron chi connectivity index (χ0n) is 19.6. The normalized spacial score (nSPS) is 10.9. The fourth-order valence-electron chi connectivity index (χ4n) is 3.72.